The van der Waals surface area contributed by atoms with Crippen molar-refractivity contribution < 1.29 is 19.1 Å². The van der Waals surface area contributed by atoms with Crippen LogP contribution in [0.5, 0.6) is 0 Å². The van der Waals surface area contributed by atoms with Crippen LogP contribution in [0.2, 0.25) is 0 Å². The molecule has 124 valence electrons. The number of aromatic nitrogens is 2. The van der Waals surface area contributed by atoms with Gasteiger partial charge >= 0.3 is 5.97 Å². The van der Waals surface area contributed by atoms with Crippen LogP contribution in [-0.4, -0.2) is 33.7 Å². The van der Waals surface area contributed by atoms with Crippen molar-refractivity contribution in [2.45, 2.75) is 26.9 Å². The Morgan fingerprint density at radius 2 is 1.92 bits per heavy atom. The number of nitrogens with one attached hydrogen (secondary N) is 1. The van der Waals surface area contributed by atoms with E-state index in [2.05, 4.69) is 15.3 Å². The molecular formula is C17H17N3O4. The SMILES string of the molecule is CC(=O)c1cccc(NC(=O)[C@@H](C)OC(=O)c2cnc(C)cn2)c1. The van der Waals surface area contributed by atoms with Crippen LogP contribution in [0.3, 0.4) is 0 Å². The summed E-state index contributed by atoms with van der Waals surface area (Å²) in [5.74, 6) is -1.35. The average Bonchev–Trinajstić information content (AvgIpc) is 2.55. The zero-order valence-electron chi connectivity index (χ0n) is 13.6. The summed E-state index contributed by atoms with van der Waals surface area (Å²) in [6, 6.07) is 6.51. The number of ketones is 1. The second-order valence-corrected chi connectivity index (χ2v) is 5.22. The Labute approximate surface area is 139 Å². The Morgan fingerprint density at radius 1 is 1.17 bits per heavy atom. The fourth-order valence-electron chi connectivity index (χ4n) is 1.83. The lowest BCUT2D eigenvalue weighted by Gasteiger charge is -2.13. The van der Waals surface area contributed by atoms with E-state index in [1.165, 1.54) is 26.2 Å². The maximum atomic E-state index is 12.1. The molecule has 0 unspecified atom stereocenters. The smallest absolute Gasteiger partial charge is 0.359 e. The second-order valence-electron chi connectivity index (χ2n) is 5.22. The van der Waals surface area contributed by atoms with Crippen molar-refractivity contribution in [2.24, 2.45) is 0 Å². The number of aryl methyl sites for hydroxylation is 1. The van der Waals surface area contributed by atoms with E-state index < -0.39 is 18.0 Å². The number of rotatable bonds is 5. The van der Waals surface area contributed by atoms with Gasteiger partial charge < -0.3 is 10.1 Å². The number of hydrogen-bond acceptors (Lipinski definition) is 6. The monoisotopic (exact) mass is 327 g/mol. The number of anilines is 1. The van der Waals surface area contributed by atoms with Crippen LogP contribution in [0.15, 0.2) is 36.7 Å². The van der Waals surface area contributed by atoms with E-state index in [9.17, 15) is 14.4 Å². The van der Waals surface area contributed by atoms with Gasteiger partial charge in [0, 0.05) is 17.4 Å². The highest BCUT2D eigenvalue weighted by Gasteiger charge is 2.20. The minimum absolute atomic E-state index is 0.0267. The molecule has 1 heterocycles. The molecule has 1 aromatic carbocycles. The summed E-state index contributed by atoms with van der Waals surface area (Å²) >= 11 is 0. The van der Waals surface area contributed by atoms with Crippen molar-refractivity contribution in [1.29, 1.82) is 0 Å². The summed E-state index contributed by atoms with van der Waals surface area (Å²) in [5.41, 5.74) is 1.62. The summed E-state index contributed by atoms with van der Waals surface area (Å²) < 4.78 is 5.07. The maximum absolute atomic E-state index is 12.1. The fraction of sp³-hybridized carbons (Fsp3) is 0.235. The Kier molecular flexibility index (Phi) is 5.36. The number of carbonyl (C=O) groups is 3. The molecule has 0 fully saturated rings. The Balaban J connectivity index is 1.99. The van der Waals surface area contributed by atoms with Crippen molar-refractivity contribution >= 4 is 23.3 Å². The van der Waals surface area contributed by atoms with E-state index in [4.69, 9.17) is 4.74 Å². The number of carbonyl (C=O) groups excluding carboxylic acids is 3. The summed E-state index contributed by atoms with van der Waals surface area (Å²) in [5, 5.41) is 2.60. The molecule has 0 aliphatic rings. The summed E-state index contributed by atoms with van der Waals surface area (Å²) in [6.07, 6.45) is 1.70. The van der Waals surface area contributed by atoms with E-state index in [0.717, 1.165) is 0 Å². The predicted molar refractivity (Wildman–Crippen MR) is 86.7 cm³/mol. The van der Waals surface area contributed by atoms with Gasteiger partial charge in [-0.3, -0.25) is 14.6 Å². The molecule has 2 rings (SSSR count). The third-order valence-corrected chi connectivity index (χ3v) is 3.18. The molecule has 0 aliphatic carbocycles. The topological polar surface area (TPSA) is 98.2 Å². The standard InChI is InChI=1S/C17H17N3O4/c1-10-8-19-15(9-18-10)17(23)24-12(3)16(22)20-14-6-4-5-13(7-14)11(2)21/h4-9,12H,1-3H3,(H,20,22)/t12-/m1/s1. The highest BCUT2D eigenvalue weighted by molar-refractivity contribution is 5.99. The fourth-order valence-corrected chi connectivity index (χ4v) is 1.83. The molecule has 0 bridgehead atoms. The molecule has 1 atom stereocenters. The minimum atomic E-state index is -1.03. The van der Waals surface area contributed by atoms with Gasteiger partial charge in [0.05, 0.1) is 11.9 Å². The number of hydrogen-bond donors (Lipinski definition) is 1. The Bertz CT molecular complexity index is 772. The molecule has 0 saturated carbocycles. The number of ether oxygens (including phenoxy) is 1. The van der Waals surface area contributed by atoms with Gasteiger partial charge in [-0.1, -0.05) is 12.1 Å². The number of amides is 1. The van der Waals surface area contributed by atoms with E-state index >= 15 is 0 Å². The summed E-state index contributed by atoms with van der Waals surface area (Å²) in [7, 11) is 0. The Morgan fingerprint density at radius 3 is 2.54 bits per heavy atom. The lowest BCUT2D eigenvalue weighted by Crippen LogP contribution is -2.30. The first-order valence-electron chi connectivity index (χ1n) is 7.28. The van der Waals surface area contributed by atoms with Crippen LogP contribution in [-0.2, 0) is 9.53 Å². The van der Waals surface area contributed by atoms with Gasteiger partial charge in [-0.05, 0) is 32.9 Å². The van der Waals surface area contributed by atoms with E-state index in [0.29, 0.717) is 16.9 Å². The molecule has 1 N–H and O–H groups in total. The lowest BCUT2D eigenvalue weighted by atomic mass is 10.1. The molecule has 2 aromatic rings. The highest BCUT2D eigenvalue weighted by Crippen LogP contribution is 2.12. The van der Waals surface area contributed by atoms with Crippen LogP contribution in [0.25, 0.3) is 0 Å². The van der Waals surface area contributed by atoms with Crippen molar-refractivity contribution in [3.63, 3.8) is 0 Å². The van der Waals surface area contributed by atoms with Crippen LogP contribution >= 0.6 is 0 Å². The molecule has 0 spiro atoms. The zero-order chi connectivity index (χ0) is 17.7. The Hall–Kier alpha value is -3.09. The van der Waals surface area contributed by atoms with E-state index in [-0.39, 0.29) is 11.5 Å². The number of nitrogens with zero attached hydrogens (tertiary/aromatic N) is 2. The van der Waals surface area contributed by atoms with Crippen molar-refractivity contribution in [2.75, 3.05) is 5.32 Å². The van der Waals surface area contributed by atoms with E-state index in [1.807, 2.05) is 0 Å². The second kappa shape index (κ2) is 7.45. The molecule has 1 amide bonds. The van der Waals surface area contributed by atoms with Crippen LogP contribution in [0, 0.1) is 6.92 Å². The molecule has 7 heteroatoms. The summed E-state index contributed by atoms with van der Waals surface area (Å²) in [4.78, 5) is 43.2. The van der Waals surface area contributed by atoms with Gasteiger partial charge in [-0.15, -0.1) is 0 Å². The van der Waals surface area contributed by atoms with Crippen LogP contribution in [0.1, 0.15) is 40.4 Å². The molecule has 1 aromatic heterocycles. The van der Waals surface area contributed by atoms with E-state index in [1.54, 1.807) is 31.2 Å². The number of Topliss-reactive ketones (excluding diaryl/α,β-unsaturated/α-hetero) is 1. The molecule has 0 aliphatic heterocycles. The maximum Gasteiger partial charge on any atom is 0.359 e. The van der Waals surface area contributed by atoms with Crippen molar-refractivity contribution in [3.8, 4) is 0 Å². The third-order valence-electron chi connectivity index (χ3n) is 3.18. The first-order chi connectivity index (χ1) is 11.4. The average molecular weight is 327 g/mol. The molecular weight excluding hydrogens is 310 g/mol. The number of benzene rings is 1. The van der Waals surface area contributed by atoms with Gasteiger partial charge in [-0.2, -0.15) is 0 Å². The van der Waals surface area contributed by atoms with Gasteiger partial charge in [0.1, 0.15) is 0 Å². The molecule has 24 heavy (non-hydrogen) atoms. The summed E-state index contributed by atoms with van der Waals surface area (Å²) in [6.45, 7) is 4.63. The molecule has 0 radical (unpaired) electrons. The first-order valence-corrected chi connectivity index (χ1v) is 7.28. The van der Waals surface area contributed by atoms with Gasteiger partial charge in [0.25, 0.3) is 5.91 Å². The third kappa shape index (κ3) is 4.45. The van der Waals surface area contributed by atoms with Crippen LogP contribution in [0.4, 0.5) is 5.69 Å². The zero-order valence-corrected chi connectivity index (χ0v) is 13.6. The lowest BCUT2D eigenvalue weighted by molar-refractivity contribution is -0.123. The highest BCUT2D eigenvalue weighted by atomic mass is 16.5. The van der Waals surface area contributed by atoms with Crippen molar-refractivity contribution in [3.05, 3.63) is 53.6 Å². The molecule has 0 saturated heterocycles. The van der Waals surface area contributed by atoms with Crippen molar-refractivity contribution in [1.82, 2.24) is 9.97 Å². The quantitative estimate of drug-likeness (QED) is 0.667. The predicted octanol–water partition coefficient (Wildman–Crippen LogP) is 2.17. The number of esters is 1. The normalized spacial score (nSPS) is 11.5. The van der Waals surface area contributed by atoms with Crippen LogP contribution < -0.4 is 5.32 Å². The van der Waals surface area contributed by atoms with Gasteiger partial charge in [0.15, 0.2) is 17.6 Å². The molecule has 7 nitrogen and oxygen atoms in total. The largest absolute Gasteiger partial charge is 0.448 e. The first kappa shape index (κ1) is 17.3. The van der Waals surface area contributed by atoms with Gasteiger partial charge in [0.2, 0.25) is 0 Å². The van der Waals surface area contributed by atoms with Gasteiger partial charge in [-0.25, -0.2) is 9.78 Å². The minimum Gasteiger partial charge on any atom is -0.448 e.